The van der Waals surface area contributed by atoms with E-state index in [0.29, 0.717) is 29.6 Å². The van der Waals surface area contributed by atoms with Crippen molar-refractivity contribution in [3.05, 3.63) is 18.2 Å². The molecule has 0 saturated carbocycles. The highest BCUT2D eigenvalue weighted by Crippen LogP contribution is 2.36. The van der Waals surface area contributed by atoms with Crippen molar-refractivity contribution in [2.24, 2.45) is 11.8 Å². The predicted molar refractivity (Wildman–Crippen MR) is 103 cm³/mol. The second kappa shape index (κ2) is 8.61. The lowest BCUT2D eigenvalue weighted by molar-refractivity contribution is -0.137. The van der Waals surface area contributed by atoms with Gasteiger partial charge in [0.15, 0.2) is 0 Å². The Balaban J connectivity index is 1.66. The van der Waals surface area contributed by atoms with Crippen LogP contribution in [0.4, 0.5) is 5.69 Å². The second-order valence-corrected chi connectivity index (χ2v) is 7.27. The van der Waals surface area contributed by atoms with Gasteiger partial charge in [0.05, 0.1) is 25.8 Å². The van der Waals surface area contributed by atoms with Crippen molar-refractivity contribution in [1.82, 2.24) is 10.2 Å². The average molecular weight is 375 g/mol. The van der Waals surface area contributed by atoms with Gasteiger partial charge >= 0.3 is 0 Å². The van der Waals surface area contributed by atoms with Gasteiger partial charge in [-0.05, 0) is 44.5 Å². The third kappa shape index (κ3) is 4.18. The van der Waals surface area contributed by atoms with Crippen LogP contribution in [0.3, 0.4) is 0 Å². The maximum Gasteiger partial charge on any atom is 0.228 e. The van der Waals surface area contributed by atoms with Gasteiger partial charge in [-0.1, -0.05) is 0 Å². The minimum absolute atomic E-state index is 0.0399. The van der Waals surface area contributed by atoms with Crippen LogP contribution in [0, 0.1) is 11.8 Å². The molecule has 7 heteroatoms. The van der Waals surface area contributed by atoms with Gasteiger partial charge in [-0.3, -0.25) is 9.59 Å². The molecule has 1 atom stereocenters. The van der Waals surface area contributed by atoms with Crippen molar-refractivity contribution in [1.29, 1.82) is 0 Å². The molecule has 1 unspecified atom stereocenters. The Bertz CT molecular complexity index is 686. The fraction of sp³-hybridized carbons (Fsp3) is 0.600. The Morgan fingerprint density at radius 3 is 2.59 bits per heavy atom. The summed E-state index contributed by atoms with van der Waals surface area (Å²) >= 11 is 0. The molecule has 0 bridgehead atoms. The molecule has 27 heavy (non-hydrogen) atoms. The van der Waals surface area contributed by atoms with Crippen LogP contribution in [0.1, 0.15) is 19.3 Å². The number of likely N-dealkylation sites (tertiary alicyclic amines) is 1. The summed E-state index contributed by atoms with van der Waals surface area (Å²) in [5.41, 5.74) is 0.686. The van der Waals surface area contributed by atoms with E-state index in [0.717, 1.165) is 32.5 Å². The predicted octanol–water partition coefficient (Wildman–Crippen LogP) is 1.51. The first-order chi connectivity index (χ1) is 13.1. The molecule has 2 aliphatic rings. The first kappa shape index (κ1) is 19.5. The van der Waals surface area contributed by atoms with Gasteiger partial charge in [0.25, 0.3) is 0 Å². The van der Waals surface area contributed by atoms with Crippen molar-refractivity contribution in [3.8, 4) is 11.5 Å². The zero-order chi connectivity index (χ0) is 19.4. The SMILES string of the molecule is CNCC1CCN(C(=O)C2CC(=O)N(c3ccc(OC)cc3OC)C2)CC1. The Kier molecular flexibility index (Phi) is 6.21. The average Bonchev–Trinajstić information content (AvgIpc) is 3.09. The number of benzene rings is 1. The molecule has 0 aromatic heterocycles. The van der Waals surface area contributed by atoms with Gasteiger partial charge in [-0.15, -0.1) is 0 Å². The summed E-state index contributed by atoms with van der Waals surface area (Å²) in [6.07, 6.45) is 2.29. The van der Waals surface area contributed by atoms with Crippen molar-refractivity contribution in [3.63, 3.8) is 0 Å². The fourth-order valence-electron chi connectivity index (χ4n) is 4.02. The van der Waals surface area contributed by atoms with Crippen LogP contribution in [-0.2, 0) is 9.59 Å². The Hall–Kier alpha value is -2.28. The Labute approximate surface area is 160 Å². The summed E-state index contributed by atoms with van der Waals surface area (Å²) in [6.45, 7) is 2.95. The molecular formula is C20H29N3O4. The van der Waals surface area contributed by atoms with E-state index in [1.54, 1.807) is 31.3 Å². The summed E-state index contributed by atoms with van der Waals surface area (Å²) in [7, 11) is 5.12. The maximum atomic E-state index is 12.9. The molecule has 0 aliphatic carbocycles. The normalized spacial score (nSPS) is 20.9. The van der Waals surface area contributed by atoms with Gasteiger partial charge < -0.3 is 24.6 Å². The van der Waals surface area contributed by atoms with E-state index in [1.807, 2.05) is 18.0 Å². The van der Waals surface area contributed by atoms with E-state index >= 15 is 0 Å². The molecular weight excluding hydrogens is 346 g/mol. The summed E-state index contributed by atoms with van der Waals surface area (Å²) in [5.74, 6) is 1.64. The summed E-state index contributed by atoms with van der Waals surface area (Å²) in [6, 6.07) is 5.36. The highest BCUT2D eigenvalue weighted by molar-refractivity contribution is 6.01. The molecule has 7 nitrogen and oxygen atoms in total. The van der Waals surface area contributed by atoms with E-state index < -0.39 is 0 Å². The summed E-state index contributed by atoms with van der Waals surface area (Å²) in [5, 5.41) is 3.21. The lowest BCUT2D eigenvalue weighted by Crippen LogP contribution is -2.43. The number of nitrogens with one attached hydrogen (secondary N) is 1. The zero-order valence-corrected chi connectivity index (χ0v) is 16.4. The number of carbonyl (C=O) groups is 2. The molecule has 2 fully saturated rings. The molecule has 2 saturated heterocycles. The lowest BCUT2D eigenvalue weighted by Gasteiger charge is -2.33. The van der Waals surface area contributed by atoms with Gasteiger partial charge in [0.1, 0.15) is 11.5 Å². The van der Waals surface area contributed by atoms with E-state index in [9.17, 15) is 9.59 Å². The monoisotopic (exact) mass is 375 g/mol. The zero-order valence-electron chi connectivity index (χ0n) is 16.4. The van der Waals surface area contributed by atoms with Gasteiger partial charge in [-0.2, -0.15) is 0 Å². The summed E-state index contributed by atoms with van der Waals surface area (Å²) in [4.78, 5) is 29.1. The molecule has 2 heterocycles. The molecule has 0 spiro atoms. The third-order valence-corrected chi connectivity index (χ3v) is 5.57. The van der Waals surface area contributed by atoms with Crippen LogP contribution in [0.5, 0.6) is 11.5 Å². The van der Waals surface area contributed by atoms with Crippen LogP contribution in [0.25, 0.3) is 0 Å². The lowest BCUT2D eigenvalue weighted by atomic mass is 9.95. The van der Waals surface area contributed by atoms with Gasteiger partial charge in [0, 0.05) is 32.1 Å². The number of methoxy groups -OCH3 is 2. The van der Waals surface area contributed by atoms with Crippen molar-refractivity contribution in [2.45, 2.75) is 19.3 Å². The fourth-order valence-corrected chi connectivity index (χ4v) is 4.02. The standard InChI is InChI=1S/C20H29N3O4/c1-21-12-14-6-8-22(9-7-14)20(25)15-10-19(24)23(13-15)17-5-4-16(26-2)11-18(17)27-3/h4-5,11,14-15,21H,6-10,12-13H2,1-3H3. The number of nitrogens with zero attached hydrogens (tertiary/aromatic N) is 2. The van der Waals surface area contributed by atoms with Crippen LogP contribution in [-0.4, -0.2) is 64.2 Å². The Morgan fingerprint density at radius 2 is 1.96 bits per heavy atom. The number of piperidine rings is 1. The number of carbonyl (C=O) groups excluding carboxylic acids is 2. The quantitative estimate of drug-likeness (QED) is 0.816. The maximum absolute atomic E-state index is 12.9. The molecule has 0 radical (unpaired) electrons. The first-order valence-electron chi connectivity index (χ1n) is 9.53. The van der Waals surface area contributed by atoms with E-state index in [-0.39, 0.29) is 24.2 Å². The number of hydrogen-bond donors (Lipinski definition) is 1. The number of anilines is 1. The van der Waals surface area contributed by atoms with Crippen LogP contribution < -0.4 is 19.7 Å². The Morgan fingerprint density at radius 1 is 1.22 bits per heavy atom. The second-order valence-electron chi connectivity index (χ2n) is 7.27. The minimum atomic E-state index is -0.287. The first-order valence-corrected chi connectivity index (χ1v) is 9.53. The van der Waals surface area contributed by atoms with E-state index in [4.69, 9.17) is 9.47 Å². The van der Waals surface area contributed by atoms with E-state index in [1.165, 1.54) is 0 Å². The minimum Gasteiger partial charge on any atom is -0.497 e. The van der Waals surface area contributed by atoms with Gasteiger partial charge in [-0.25, -0.2) is 0 Å². The van der Waals surface area contributed by atoms with Gasteiger partial charge in [0.2, 0.25) is 11.8 Å². The highest BCUT2D eigenvalue weighted by atomic mass is 16.5. The third-order valence-electron chi connectivity index (χ3n) is 5.57. The van der Waals surface area contributed by atoms with Crippen molar-refractivity contribution < 1.29 is 19.1 Å². The topological polar surface area (TPSA) is 71.1 Å². The number of amides is 2. The molecule has 1 N–H and O–H groups in total. The molecule has 148 valence electrons. The van der Waals surface area contributed by atoms with E-state index in [2.05, 4.69) is 5.32 Å². The molecule has 2 amide bonds. The molecule has 1 aromatic rings. The van der Waals surface area contributed by atoms with Crippen LogP contribution in [0.15, 0.2) is 18.2 Å². The number of rotatable bonds is 6. The molecule has 3 rings (SSSR count). The van der Waals surface area contributed by atoms with Crippen LogP contribution >= 0.6 is 0 Å². The largest absolute Gasteiger partial charge is 0.497 e. The molecule has 2 aliphatic heterocycles. The molecule has 1 aromatic carbocycles. The number of hydrogen-bond acceptors (Lipinski definition) is 5. The number of ether oxygens (including phenoxy) is 2. The smallest absolute Gasteiger partial charge is 0.228 e. The van der Waals surface area contributed by atoms with Crippen LogP contribution in [0.2, 0.25) is 0 Å². The van der Waals surface area contributed by atoms with Crippen molar-refractivity contribution >= 4 is 17.5 Å². The highest BCUT2D eigenvalue weighted by Gasteiger charge is 2.39. The summed E-state index contributed by atoms with van der Waals surface area (Å²) < 4.78 is 10.6. The van der Waals surface area contributed by atoms with Crippen molar-refractivity contribution in [2.75, 3.05) is 52.3 Å².